The molecular weight excluding hydrogens is 366 g/mol. The van der Waals surface area contributed by atoms with E-state index in [0.717, 1.165) is 4.88 Å². The summed E-state index contributed by atoms with van der Waals surface area (Å²) in [4.78, 5) is 17.5. The molecule has 5 nitrogen and oxygen atoms in total. The van der Waals surface area contributed by atoms with Crippen molar-refractivity contribution in [3.8, 4) is 10.7 Å². The van der Waals surface area contributed by atoms with E-state index in [-0.39, 0.29) is 11.2 Å². The fourth-order valence-corrected chi connectivity index (χ4v) is 3.44. The van der Waals surface area contributed by atoms with Crippen LogP contribution >= 0.6 is 34.7 Å². The molecule has 0 aliphatic carbocycles. The van der Waals surface area contributed by atoms with Gasteiger partial charge in [0.05, 0.1) is 26.6 Å². The van der Waals surface area contributed by atoms with Crippen molar-refractivity contribution in [1.82, 2.24) is 10.1 Å². The van der Waals surface area contributed by atoms with Crippen molar-refractivity contribution in [2.45, 2.75) is 17.9 Å². The van der Waals surface area contributed by atoms with Gasteiger partial charge in [0.2, 0.25) is 17.6 Å². The molecule has 0 bridgehead atoms. The van der Waals surface area contributed by atoms with Gasteiger partial charge < -0.3 is 9.84 Å². The molecule has 1 amide bonds. The molecule has 0 spiro atoms. The van der Waals surface area contributed by atoms with Gasteiger partial charge in [-0.1, -0.05) is 35.0 Å². The summed E-state index contributed by atoms with van der Waals surface area (Å²) in [7, 11) is 0. The maximum atomic E-state index is 12.2. The van der Waals surface area contributed by atoms with Gasteiger partial charge in [0.15, 0.2) is 0 Å². The number of hydrogen-bond acceptors (Lipinski definition) is 6. The largest absolute Gasteiger partial charge is 0.338 e. The van der Waals surface area contributed by atoms with E-state index in [9.17, 15) is 4.79 Å². The number of anilines is 1. The number of benzene rings is 1. The number of rotatable bonds is 6. The van der Waals surface area contributed by atoms with Gasteiger partial charge >= 0.3 is 0 Å². The van der Waals surface area contributed by atoms with Crippen LogP contribution in [0.1, 0.15) is 12.8 Å². The van der Waals surface area contributed by atoms with Crippen molar-refractivity contribution in [2.24, 2.45) is 0 Å². The maximum Gasteiger partial charge on any atom is 0.237 e. The molecule has 3 rings (SSSR count). The molecule has 1 N–H and O–H groups in total. The minimum Gasteiger partial charge on any atom is -0.338 e. The second kappa shape index (κ2) is 7.83. The molecule has 24 heavy (non-hydrogen) atoms. The van der Waals surface area contributed by atoms with E-state index in [1.165, 1.54) is 11.8 Å². The second-order valence-electron chi connectivity index (χ2n) is 4.91. The lowest BCUT2D eigenvalue weighted by Gasteiger charge is -2.11. The summed E-state index contributed by atoms with van der Waals surface area (Å²) in [6.45, 7) is 1.83. The van der Waals surface area contributed by atoms with Crippen molar-refractivity contribution in [3.63, 3.8) is 0 Å². The Labute approximate surface area is 152 Å². The smallest absolute Gasteiger partial charge is 0.237 e. The van der Waals surface area contributed by atoms with Gasteiger partial charge in [-0.3, -0.25) is 4.79 Å². The van der Waals surface area contributed by atoms with E-state index >= 15 is 0 Å². The van der Waals surface area contributed by atoms with Gasteiger partial charge in [0, 0.05) is 0 Å². The van der Waals surface area contributed by atoms with Gasteiger partial charge in [-0.25, -0.2) is 0 Å². The van der Waals surface area contributed by atoms with Gasteiger partial charge in [-0.05, 0) is 30.5 Å². The average molecular weight is 380 g/mol. The first-order valence-corrected chi connectivity index (χ1v) is 9.47. The number of thioether (sulfide) groups is 1. The third-order valence-electron chi connectivity index (χ3n) is 3.17. The monoisotopic (exact) mass is 379 g/mol. The highest BCUT2D eigenvalue weighted by Gasteiger charge is 2.17. The van der Waals surface area contributed by atoms with Crippen LogP contribution in [0.3, 0.4) is 0 Å². The predicted molar refractivity (Wildman–Crippen MR) is 98.4 cm³/mol. The lowest BCUT2D eigenvalue weighted by Crippen LogP contribution is -2.22. The minimum absolute atomic E-state index is 0.119. The SMILES string of the molecule is CC(SCc1nc(-c2cccs2)no1)C(=O)Nc1ccccc1Cl. The number of nitrogens with one attached hydrogen (secondary N) is 1. The van der Waals surface area contributed by atoms with Crippen LogP contribution in [0, 0.1) is 0 Å². The highest BCUT2D eigenvalue weighted by molar-refractivity contribution is 7.99. The molecule has 8 heteroatoms. The van der Waals surface area contributed by atoms with E-state index in [4.69, 9.17) is 16.1 Å². The van der Waals surface area contributed by atoms with Crippen LogP contribution in [-0.4, -0.2) is 21.3 Å². The lowest BCUT2D eigenvalue weighted by atomic mass is 10.3. The first-order valence-electron chi connectivity index (χ1n) is 7.17. The lowest BCUT2D eigenvalue weighted by molar-refractivity contribution is -0.115. The number of carbonyl (C=O) groups excluding carboxylic acids is 1. The number of hydrogen-bond donors (Lipinski definition) is 1. The summed E-state index contributed by atoms with van der Waals surface area (Å²) >= 11 is 9.02. The average Bonchev–Trinajstić information content (AvgIpc) is 3.25. The molecule has 0 aliphatic rings. The normalized spacial score (nSPS) is 12.1. The van der Waals surface area contributed by atoms with E-state index in [1.54, 1.807) is 23.5 Å². The Balaban J connectivity index is 1.54. The van der Waals surface area contributed by atoms with E-state index in [0.29, 0.717) is 28.2 Å². The Bertz CT molecular complexity index is 820. The van der Waals surface area contributed by atoms with Crippen LogP contribution in [0.15, 0.2) is 46.3 Å². The number of halogens is 1. The third kappa shape index (κ3) is 4.17. The van der Waals surface area contributed by atoms with E-state index in [2.05, 4.69) is 15.5 Å². The van der Waals surface area contributed by atoms with Gasteiger partial charge in [-0.15, -0.1) is 23.1 Å². The Morgan fingerprint density at radius 2 is 2.21 bits per heavy atom. The molecule has 0 aliphatic heterocycles. The van der Waals surface area contributed by atoms with E-state index < -0.39 is 0 Å². The molecule has 0 saturated carbocycles. The van der Waals surface area contributed by atoms with Crippen LogP contribution < -0.4 is 5.32 Å². The fraction of sp³-hybridized carbons (Fsp3) is 0.188. The number of thiophene rings is 1. The zero-order chi connectivity index (χ0) is 16.9. The van der Waals surface area contributed by atoms with Crippen molar-refractivity contribution >= 4 is 46.3 Å². The number of amides is 1. The first kappa shape index (κ1) is 17.0. The molecule has 0 saturated heterocycles. The number of aromatic nitrogens is 2. The Kier molecular flexibility index (Phi) is 5.55. The first-order chi connectivity index (χ1) is 11.6. The molecule has 124 valence electrons. The number of para-hydroxylation sites is 1. The van der Waals surface area contributed by atoms with Crippen molar-refractivity contribution in [2.75, 3.05) is 5.32 Å². The Morgan fingerprint density at radius 1 is 1.38 bits per heavy atom. The standard InChI is InChI=1S/C16H14ClN3O2S2/c1-10(16(21)18-12-6-3-2-5-11(12)17)24-9-14-19-15(20-22-14)13-7-4-8-23-13/h2-8,10H,9H2,1H3,(H,18,21). The van der Waals surface area contributed by atoms with Crippen molar-refractivity contribution < 1.29 is 9.32 Å². The van der Waals surface area contributed by atoms with Crippen LogP contribution in [0.4, 0.5) is 5.69 Å². The van der Waals surface area contributed by atoms with Gasteiger partial charge in [-0.2, -0.15) is 4.98 Å². The maximum absolute atomic E-state index is 12.2. The molecule has 1 aromatic carbocycles. The van der Waals surface area contributed by atoms with Crippen molar-refractivity contribution in [3.05, 3.63) is 52.7 Å². The highest BCUT2D eigenvalue weighted by atomic mass is 35.5. The molecular formula is C16H14ClN3O2S2. The summed E-state index contributed by atoms with van der Waals surface area (Å²) in [5.41, 5.74) is 0.606. The molecule has 2 aromatic heterocycles. The molecule has 2 heterocycles. The summed E-state index contributed by atoms with van der Waals surface area (Å²) in [6, 6.07) is 11.0. The highest BCUT2D eigenvalue weighted by Crippen LogP contribution is 2.25. The minimum atomic E-state index is -0.279. The Morgan fingerprint density at radius 3 is 2.96 bits per heavy atom. The van der Waals surface area contributed by atoms with Crippen molar-refractivity contribution in [1.29, 1.82) is 0 Å². The van der Waals surface area contributed by atoms with Crippen LogP contribution in [0.25, 0.3) is 10.7 Å². The van der Waals surface area contributed by atoms with Crippen LogP contribution in [0.5, 0.6) is 0 Å². The molecule has 0 fully saturated rings. The molecule has 0 radical (unpaired) electrons. The van der Waals surface area contributed by atoms with Crippen LogP contribution in [0.2, 0.25) is 5.02 Å². The molecule has 1 atom stereocenters. The molecule has 3 aromatic rings. The topological polar surface area (TPSA) is 68.0 Å². The predicted octanol–water partition coefficient (Wildman–Crippen LogP) is 4.71. The van der Waals surface area contributed by atoms with Gasteiger partial charge in [0.1, 0.15) is 0 Å². The zero-order valence-electron chi connectivity index (χ0n) is 12.7. The number of carbonyl (C=O) groups is 1. The third-order valence-corrected chi connectivity index (χ3v) is 5.49. The summed E-state index contributed by atoms with van der Waals surface area (Å²) in [5, 5.41) is 8.97. The quantitative estimate of drug-likeness (QED) is 0.671. The van der Waals surface area contributed by atoms with Crippen LogP contribution in [-0.2, 0) is 10.5 Å². The van der Waals surface area contributed by atoms with Gasteiger partial charge in [0.25, 0.3) is 0 Å². The summed E-state index contributed by atoms with van der Waals surface area (Å²) < 4.78 is 5.23. The zero-order valence-corrected chi connectivity index (χ0v) is 15.1. The Hall–Kier alpha value is -1.83. The van der Waals surface area contributed by atoms with E-state index in [1.807, 2.05) is 36.6 Å². The number of nitrogens with zero attached hydrogens (tertiary/aromatic N) is 2. The summed E-state index contributed by atoms with van der Waals surface area (Å²) in [5.74, 6) is 1.43. The summed E-state index contributed by atoms with van der Waals surface area (Å²) in [6.07, 6.45) is 0. The molecule has 1 unspecified atom stereocenters. The second-order valence-corrected chi connectivity index (χ2v) is 7.60. The fourth-order valence-electron chi connectivity index (χ4n) is 1.89.